The standard InChI is InChI=1S/C21H22N2O3S/c24-20(22-10-11-27-15-16-6-2-1-3-7-16)14-26-21(25)12-17-13-23-19-9-5-4-8-18(17)19/h1-9,13,23H,10-12,14-15H2,(H,22,24). The second-order valence-corrected chi connectivity index (χ2v) is 7.19. The number of aromatic amines is 1. The van der Waals surface area contributed by atoms with Gasteiger partial charge in [0.25, 0.3) is 5.91 Å². The van der Waals surface area contributed by atoms with Gasteiger partial charge in [-0.3, -0.25) is 9.59 Å². The number of ether oxygens (including phenoxy) is 1. The minimum absolute atomic E-state index is 0.143. The highest BCUT2D eigenvalue weighted by atomic mass is 32.2. The molecule has 1 heterocycles. The van der Waals surface area contributed by atoms with Crippen LogP contribution in [0.2, 0.25) is 0 Å². The van der Waals surface area contributed by atoms with Gasteiger partial charge in [0.05, 0.1) is 6.42 Å². The third kappa shape index (κ3) is 5.89. The van der Waals surface area contributed by atoms with Crippen LogP contribution < -0.4 is 5.32 Å². The molecule has 3 rings (SSSR count). The maximum Gasteiger partial charge on any atom is 0.310 e. The number of amides is 1. The molecule has 2 aromatic carbocycles. The zero-order valence-electron chi connectivity index (χ0n) is 14.9. The van der Waals surface area contributed by atoms with Crippen LogP contribution in [0, 0.1) is 0 Å². The van der Waals surface area contributed by atoms with E-state index in [4.69, 9.17) is 4.74 Å². The number of thioether (sulfide) groups is 1. The number of para-hydroxylation sites is 1. The van der Waals surface area contributed by atoms with Crippen LogP contribution >= 0.6 is 11.8 Å². The first kappa shape index (κ1) is 19.0. The summed E-state index contributed by atoms with van der Waals surface area (Å²) in [4.78, 5) is 26.9. The Morgan fingerprint density at radius 3 is 2.67 bits per heavy atom. The van der Waals surface area contributed by atoms with E-state index in [1.54, 1.807) is 18.0 Å². The molecule has 140 valence electrons. The molecule has 0 unspecified atom stereocenters. The normalized spacial score (nSPS) is 10.7. The van der Waals surface area contributed by atoms with Gasteiger partial charge in [-0.1, -0.05) is 48.5 Å². The van der Waals surface area contributed by atoms with Crippen molar-refractivity contribution in [3.05, 3.63) is 71.9 Å². The van der Waals surface area contributed by atoms with Crippen molar-refractivity contribution in [2.24, 2.45) is 0 Å². The molecule has 0 saturated heterocycles. The van der Waals surface area contributed by atoms with E-state index in [2.05, 4.69) is 22.4 Å². The van der Waals surface area contributed by atoms with Crippen LogP contribution in [0.1, 0.15) is 11.1 Å². The molecule has 0 aliphatic heterocycles. The molecule has 5 nitrogen and oxygen atoms in total. The quantitative estimate of drug-likeness (QED) is 0.440. The van der Waals surface area contributed by atoms with Gasteiger partial charge in [0.2, 0.25) is 0 Å². The zero-order valence-corrected chi connectivity index (χ0v) is 15.8. The molecule has 1 amide bonds. The predicted molar refractivity (Wildman–Crippen MR) is 109 cm³/mol. The van der Waals surface area contributed by atoms with Crippen LogP contribution in [0.4, 0.5) is 0 Å². The molecule has 27 heavy (non-hydrogen) atoms. The molecule has 6 heteroatoms. The maximum atomic E-state index is 12.0. The fourth-order valence-corrected chi connectivity index (χ4v) is 3.53. The molecule has 1 aromatic heterocycles. The van der Waals surface area contributed by atoms with E-state index in [0.717, 1.165) is 28.0 Å². The average Bonchev–Trinajstić information content (AvgIpc) is 3.10. The van der Waals surface area contributed by atoms with Gasteiger partial charge in [-0.15, -0.1) is 0 Å². The van der Waals surface area contributed by atoms with E-state index in [-0.39, 0.29) is 18.9 Å². The molecular weight excluding hydrogens is 360 g/mol. The fourth-order valence-electron chi connectivity index (χ4n) is 2.71. The molecule has 0 fully saturated rings. The van der Waals surface area contributed by atoms with Crippen molar-refractivity contribution in [2.75, 3.05) is 18.9 Å². The maximum absolute atomic E-state index is 12.0. The second kappa shape index (κ2) is 9.83. The Kier molecular flexibility index (Phi) is 6.93. The summed E-state index contributed by atoms with van der Waals surface area (Å²) in [5.74, 6) is 1.04. The van der Waals surface area contributed by atoms with Crippen molar-refractivity contribution in [3.8, 4) is 0 Å². The van der Waals surface area contributed by atoms with E-state index >= 15 is 0 Å². The van der Waals surface area contributed by atoms with E-state index in [1.165, 1.54) is 5.56 Å². The molecule has 0 atom stereocenters. The number of hydrogen-bond donors (Lipinski definition) is 2. The van der Waals surface area contributed by atoms with Crippen LogP contribution in [-0.4, -0.2) is 35.8 Å². The third-order valence-corrected chi connectivity index (χ3v) is 5.08. The number of rotatable bonds is 9. The molecule has 0 aliphatic rings. The van der Waals surface area contributed by atoms with E-state index < -0.39 is 5.97 Å². The highest BCUT2D eigenvalue weighted by Gasteiger charge is 2.11. The largest absolute Gasteiger partial charge is 0.455 e. The summed E-state index contributed by atoms with van der Waals surface area (Å²) in [6, 6.07) is 18.0. The first-order valence-electron chi connectivity index (χ1n) is 8.81. The van der Waals surface area contributed by atoms with Gasteiger partial charge in [-0.25, -0.2) is 0 Å². The number of carbonyl (C=O) groups is 2. The van der Waals surface area contributed by atoms with E-state index in [9.17, 15) is 9.59 Å². The van der Waals surface area contributed by atoms with Gasteiger partial charge >= 0.3 is 5.97 Å². The molecule has 0 spiro atoms. The fraction of sp³-hybridized carbons (Fsp3) is 0.238. The average molecular weight is 382 g/mol. The summed E-state index contributed by atoms with van der Waals surface area (Å²) < 4.78 is 5.08. The number of H-pyrrole nitrogens is 1. The number of nitrogens with one attached hydrogen (secondary N) is 2. The van der Waals surface area contributed by atoms with Crippen molar-refractivity contribution in [2.45, 2.75) is 12.2 Å². The molecule has 0 aliphatic carbocycles. The van der Waals surface area contributed by atoms with Crippen LogP contribution in [0.5, 0.6) is 0 Å². The Hall–Kier alpha value is -2.73. The predicted octanol–water partition coefficient (Wildman–Crippen LogP) is 3.30. The third-order valence-electron chi connectivity index (χ3n) is 4.05. The van der Waals surface area contributed by atoms with Gasteiger partial charge in [-0.2, -0.15) is 11.8 Å². The van der Waals surface area contributed by atoms with Crippen molar-refractivity contribution in [3.63, 3.8) is 0 Å². The number of fused-ring (bicyclic) bond motifs is 1. The lowest BCUT2D eigenvalue weighted by Gasteiger charge is -2.07. The monoisotopic (exact) mass is 382 g/mol. The lowest BCUT2D eigenvalue weighted by atomic mass is 10.1. The molecule has 0 bridgehead atoms. The van der Waals surface area contributed by atoms with Crippen LogP contribution in [0.25, 0.3) is 10.9 Å². The van der Waals surface area contributed by atoms with Crippen LogP contribution in [0.15, 0.2) is 60.8 Å². The number of hydrogen-bond acceptors (Lipinski definition) is 4. The van der Waals surface area contributed by atoms with Crippen LogP contribution in [-0.2, 0) is 26.5 Å². The van der Waals surface area contributed by atoms with Gasteiger partial charge in [-0.05, 0) is 17.2 Å². The van der Waals surface area contributed by atoms with Gasteiger partial charge in [0.15, 0.2) is 6.61 Å². The van der Waals surface area contributed by atoms with Gasteiger partial charge < -0.3 is 15.0 Å². The molecule has 3 aromatic rings. The van der Waals surface area contributed by atoms with Crippen molar-refractivity contribution in [1.29, 1.82) is 0 Å². The number of carbonyl (C=O) groups excluding carboxylic acids is 2. The molecular formula is C21H22N2O3S. The highest BCUT2D eigenvalue weighted by Crippen LogP contribution is 2.18. The van der Waals surface area contributed by atoms with Crippen LogP contribution in [0.3, 0.4) is 0 Å². The summed E-state index contributed by atoms with van der Waals surface area (Å²) in [6.45, 7) is 0.306. The Labute approximate surface area is 162 Å². The molecule has 0 saturated carbocycles. The summed E-state index contributed by atoms with van der Waals surface area (Å²) >= 11 is 1.75. The number of aromatic nitrogens is 1. The Morgan fingerprint density at radius 1 is 1.04 bits per heavy atom. The Bertz CT molecular complexity index is 893. The molecule has 2 N–H and O–H groups in total. The molecule has 0 radical (unpaired) electrons. The smallest absolute Gasteiger partial charge is 0.310 e. The van der Waals surface area contributed by atoms with Gasteiger partial charge in [0, 0.05) is 35.2 Å². The minimum atomic E-state index is -0.409. The second-order valence-electron chi connectivity index (χ2n) is 6.09. The van der Waals surface area contributed by atoms with Crippen molar-refractivity contribution in [1.82, 2.24) is 10.3 Å². The van der Waals surface area contributed by atoms with Crippen molar-refractivity contribution < 1.29 is 14.3 Å². The summed E-state index contributed by atoms with van der Waals surface area (Å²) in [5.41, 5.74) is 3.11. The lowest BCUT2D eigenvalue weighted by Crippen LogP contribution is -2.30. The number of benzene rings is 2. The minimum Gasteiger partial charge on any atom is -0.455 e. The van der Waals surface area contributed by atoms with E-state index in [0.29, 0.717) is 6.54 Å². The first-order chi connectivity index (χ1) is 13.2. The Balaban J connectivity index is 1.31. The first-order valence-corrected chi connectivity index (χ1v) is 9.97. The van der Waals surface area contributed by atoms with Gasteiger partial charge in [0.1, 0.15) is 0 Å². The topological polar surface area (TPSA) is 71.2 Å². The summed E-state index contributed by atoms with van der Waals surface area (Å²) in [6.07, 6.45) is 1.94. The highest BCUT2D eigenvalue weighted by molar-refractivity contribution is 7.98. The zero-order chi connectivity index (χ0) is 18.9. The summed E-state index contributed by atoms with van der Waals surface area (Å²) in [5, 5.41) is 3.76. The number of esters is 1. The lowest BCUT2D eigenvalue weighted by molar-refractivity contribution is -0.147. The SMILES string of the molecule is O=C(COC(=O)Cc1c[nH]c2ccccc12)NCCSCc1ccccc1. The summed E-state index contributed by atoms with van der Waals surface area (Å²) in [7, 11) is 0. The Morgan fingerprint density at radius 2 is 1.81 bits per heavy atom. The van der Waals surface area contributed by atoms with Crippen molar-refractivity contribution >= 4 is 34.5 Å². The van der Waals surface area contributed by atoms with E-state index in [1.807, 2.05) is 42.5 Å².